The Hall–Kier alpha value is -2.12. The van der Waals surface area contributed by atoms with E-state index in [0.29, 0.717) is 26.0 Å². The van der Waals surface area contributed by atoms with Gasteiger partial charge in [0.1, 0.15) is 5.92 Å². The van der Waals surface area contributed by atoms with Gasteiger partial charge in [-0.2, -0.15) is 0 Å². The number of nitrogens with zero attached hydrogens (tertiary/aromatic N) is 2. The molecule has 8 heteroatoms. The number of amides is 2. The van der Waals surface area contributed by atoms with Gasteiger partial charge in [0.2, 0.25) is 11.8 Å². The second-order valence-electron chi connectivity index (χ2n) is 5.69. The van der Waals surface area contributed by atoms with Crippen LogP contribution in [-0.2, 0) is 23.9 Å². The van der Waals surface area contributed by atoms with Crippen LogP contribution in [-0.4, -0.2) is 71.9 Å². The number of aliphatic carboxylic acids is 1. The SMILES string of the molecule is CCOC(=O)C1CCCN(C(=O)CN(C)C(=O)C(C)C(=O)O)C1. The molecule has 1 fully saturated rings. The van der Waals surface area contributed by atoms with E-state index in [0.717, 1.165) is 4.90 Å². The summed E-state index contributed by atoms with van der Waals surface area (Å²) in [5.74, 6) is -3.99. The third-order valence-corrected chi connectivity index (χ3v) is 3.88. The number of carboxylic acid groups (broad SMARTS) is 1. The van der Waals surface area contributed by atoms with E-state index in [4.69, 9.17) is 9.84 Å². The van der Waals surface area contributed by atoms with E-state index in [9.17, 15) is 19.2 Å². The molecule has 1 saturated heterocycles. The zero-order chi connectivity index (χ0) is 17.6. The molecule has 0 aromatic carbocycles. The largest absolute Gasteiger partial charge is 0.481 e. The lowest BCUT2D eigenvalue weighted by atomic mass is 9.98. The van der Waals surface area contributed by atoms with Gasteiger partial charge < -0.3 is 19.6 Å². The smallest absolute Gasteiger partial charge is 0.315 e. The summed E-state index contributed by atoms with van der Waals surface area (Å²) in [6.45, 7) is 3.90. The van der Waals surface area contributed by atoms with Crippen molar-refractivity contribution in [3.8, 4) is 0 Å². The lowest BCUT2D eigenvalue weighted by molar-refractivity contribution is -0.154. The summed E-state index contributed by atoms with van der Waals surface area (Å²) in [7, 11) is 1.40. The average Bonchev–Trinajstić information content (AvgIpc) is 2.53. The molecule has 8 nitrogen and oxygen atoms in total. The number of hydrogen-bond donors (Lipinski definition) is 1. The summed E-state index contributed by atoms with van der Waals surface area (Å²) in [6, 6.07) is 0. The van der Waals surface area contributed by atoms with Crippen molar-refractivity contribution >= 4 is 23.8 Å². The average molecular weight is 328 g/mol. The molecular weight excluding hydrogens is 304 g/mol. The predicted molar refractivity (Wildman–Crippen MR) is 80.4 cm³/mol. The highest BCUT2D eigenvalue weighted by Crippen LogP contribution is 2.18. The third kappa shape index (κ3) is 5.22. The number of esters is 1. The molecule has 1 rings (SSSR count). The van der Waals surface area contributed by atoms with Gasteiger partial charge in [-0.05, 0) is 26.7 Å². The van der Waals surface area contributed by atoms with E-state index in [1.807, 2.05) is 0 Å². The van der Waals surface area contributed by atoms with Gasteiger partial charge in [-0.25, -0.2) is 0 Å². The molecule has 1 aliphatic rings. The molecule has 0 aliphatic carbocycles. The van der Waals surface area contributed by atoms with Crippen LogP contribution in [0.15, 0.2) is 0 Å². The predicted octanol–water partition coefficient (Wildman–Crippen LogP) is -0.0328. The summed E-state index contributed by atoms with van der Waals surface area (Å²) in [4.78, 5) is 49.3. The van der Waals surface area contributed by atoms with Crippen molar-refractivity contribution in [2.24, 2.45) is 11.8 Å². The fourth-order valence-corrected chi connectivity index (χ4v) is 2.47. The molecule has 0 aromatic rings. The maximum absolute atomic E-state index is 12.3. The van der Waals surface area contributed by atoms with Gasteiger partial charge >= 0.3 is 11.9 Å². The molecular formula is C15H24N2O6. The van der Waals surface area contributed by atoms with Crippen molar-refractivity contribution in [1.29, 1.82) is 0 Å². The Balaban J connectivity index is 2.58. The summed E-state index contributed by atoms with van der Waals surface area (Å²) >= 11 is 0. The van der Waals surface area contributed by atoms with Crippen molar-refractivity contribution in [2.75, 3.05) is 33.3 Å². The zero-order valence-electron chi connectivity index (χ0n) is 13.8. The number of piperidine rings is 1. The number of rotatable bonds is 6. The lowest BCUT2D eigenvalue weighted by Crippen LogP contribution is -2.48. The van der Waals surface area contributed by atoms with Gasteiger partial charge in [0.15, 0.2) is 0 Å². The first-order valence-electron chi connectivity index (χ1n) is 7.70. The molecule has 2 unspecified atom stereocenters. The normalized spacial score (nSPS) is 18.9. The number of hydrogen-bond acceptors (Lipinski definition) is 5. The maximum atomic E-state index is 12.3. The highest BCUT2D eigenvalue weighted by Gasteiger charge is 2.31. The number of carbonyl (C=O) groups excluding carboxylic acids is 3. The number of carbonyl (C=O) groups is 4. The molecule has 0 aromatic heterocycles. The monoisotopic (exact) mass is 328 g/mol. The van der Waals surface area contributed by atoms with Crippen LogP contribution >= 0.6 is 0 Å². The van der Waals surface area contributed by atoms with Crippen LogP contribution in [0.3, 0.4) is 0 Å². The van der Waals surface area contributed by atoms with E-state index in [-0.39, 0.29) is 30.9 Å². The summed E-state index contributed by atoms with van der Waals surface area (Å²) in [6.07, 6.45) is 1.37. The van der Waals surface area contributed by atoms with Crippen molar-refractivity contribution < 1.29 is 29.0 Å². The highest BCUT2D eigenvalue weighted by atomic mass is 16.5. The first-order valence-corrected chi connectivity index (χ1v) is 7.70. The summed E-state index contributed by atoms with van der Waals surface area (Å²) < 4.78 is 4.98. The summed E-state index contributed by atoms with van der Waals surface area (Å²) in [5, 5.41) is 8.84. The quantitative estimate of drug-likeness (QED) is 0.542. The standard InChI is InChI=1S/C15H24N2O6/c1-4-23-15(22)11-6-5-7-17(8-11)12(18)9-16(3)13(19)10(2)14(20)21/h10-11H,4-9H2,1-3H3,(H,20,21). The number of likely N-dealkylation sites (tertiary alicyclic amines) is 1. The Morgan fingerprint density at radius 2 is 2.00 bits per heavy atom. The summed E-state index contributed by atoms with van der Waals surface area (Å²) in [5.41, 5.74) is 0. The zero-order valence-corrected chi connectivity index (χ0v) is 13.8. The minimum atomic E-state index is -1.23. The van der Waals surface area contributed by atoms with Crippen LogP contribution in [0.2, 0.25) is 0 Å². The van der Waals surface area contributed by atoms with Crippen LogP contribution in [0.4, 0.5) is 0 Å². The van der Waals surface area contributed by atoms with Gasteiger partial charge in [0, 0.05) is 20.1 Å². The van der Waals surface area contributed by atoms with Gasteiger partial charge in [-0.1, -0.05) is 0 Å². The van der Waals surface area contributed by atoms with E-state index in [2.05, 4.69) is 0 Å². The molecule has 0 spiro atoms. The third-order valence-electron chi connectivity index (χ3n) is 3.88. The van der Waals surface area contributed by atoms with Crippen molar-refractivity contribution in [3.63, 3.8) is 0 Å². The lowest BCUT2D eigenvalue weighted by Gasteiger charge is -2.32. The Morgan fingerprint density at radius 1 is 1.35 bits per heavy atom. The van der Waals surface area contributed by atoms with E-state index in [1.165, 1.54) is 18.9 Å². The highest BCUT2D eigenvalue weighted by molar-refractivity contribution is 5.97. The number of likely N-dealkylation sites (N-methyl/N-ethyl adjacent to an activating group) is 1. The number of carboxylic acids is 1. The van der Waals surface area contributed by atoms with E-state index >= 15 is 0 Å². The Kier molecular flexibility index (Phi) is 6.99. The molecule has 130 valence electrons. The molecule has 2 amide bonds. The second-order valence-corrected chi connectivity index (χ2v) is 5.69. The van der Waals surface area contributed by atoms with Crippen LogP contribution < -0.4 is 0 Å². The van der Waals surface area contributed by atoms with Crippen LogP contribution in [0.1, 0.15) is 26.7 Å². The maximum Gasteiger partial charge on any atom is 0.315 e. The first-order chi connectivity index (χ1) is 10.8. The van der Waals surface area contributed by atoms with Gasteiger partial charge in [0.05, 0.1) is 19.1 Å². The fourth-order valence-electron chi connectivity index (χ4n) is 2.47. The van der Waals surface area contributed by atoms with Crippen LogP contribution in [0.25, 0.3) is 0 Å². The van der Waals surface area contributed by atoms with Crippen molar-refractivity contribution in [2.45, 2.75) is 26.7 Å². The number of ether oxygens (including phenoxy) is 1. The minimum absolute atomic E-state index is 0.202. The Morgan fingerprint density at radius 3 is 2.57 bits per heavy atom. The fraction of sp³-hybridized carbons (Fsp3) is 0.733. The minimum Gasteiger partial charge on any atom is -0.481 e. The molecule has 0 bridgehead atoms. The molecule has 1 aliphatic heterocycles. The van der Waals surface area contributed by atoms with E-state index < -0.39 is 17.8 Å². The van der Waals surface area contributed by atoms with Crippen molar-refractivity contribution in [1.82, 2.24) is 9.80 Å². The first kappa shape index (κ1) is 18.9. The van der Waals surface area contributed by atoms with Crippen molar-refractivity contribution in [3.05, 3.63) is 0 Å². The molecule has 0 saturated carbocycles. The topological polar surface area (TPSA) is 104 Å². The molecule has 0 radical (unpaired) electrons. The van der Waals surface area contributed by atoms with Crippen LogP contribution in [0.5, 0.6) is 0 Å². The van der Waals surface area contributed by atoms with Crippen LogP contribution in [0, 0.1) is 11.8 Å². The molecule has 1 heterocycles. The van der Waals surface area contributed by atoms with Gasteiger partial charge in [0.25, 0.3) is 0 Å². The Bertz CT molecular complexity index is 479. The van der Waals surface area contributed by atoms with Gasteiger partial charge in [-0.15, -0.1) is 0 Å². The molecule has 2 atom stereocenters. The van der Waals surface area contributed by atoms with E-state index in [1.54, 1.807) is 6.92 Å². The second kappa shape index (κ2) is 8.50. The van der Waals surface area contributed by atoms with Gasteiger partial charge in [-0.3, -0.25) is 19.2 Å². The Labute approximate surface area is 135 Å². The molecule has 23 heavy (non-hydrogen) atoms. The molecule has 1 N–H and O–H groups in total.